The van der Waals surface area contributed by atoms with Crippen molar-refractivity contribution in [1.82, 2.24) is 9.88 Å². The van der Waals surface area contributed by atoms with E-state index in [9.17, 15) is 9.90 Å². The van der Waals surface area contributed by atoms with Crippen LogP contribution in [-0.4, -0.2) is 53.2 Å². The fourth-order valence-corrected chi connectivity index (χ4v) is 4.00. The maximum absolute atomic E-state index is 11.2. The molecule has 1 aromatic heterocycles. The number of benzene rings is 1. The second-order valence-corrected chi connectivity index (χ2v) is 7.28. The molecular formula is C18H24N4O2S. The first-order valence-corrected chi connectivity index (χ1v) is 9.35. The fourth-order valence-electron chi connectivity index (χ4n) is 3.15. The molecule has 2 aromatic rings. The first kappa shape index (κ1) is 17.8. The minimum atomic E-state index is -0.493. The topological polar surface area (TPSA) is 82.7 Å². The highest BCUT2D eigenvalue weighted by Gasteiger charge is 2.28. The molecule has 3 N–H and O–H groups in total. The first-order chi connectivity index (χ1) is 12.1. The summed E-state index contributed by atoms with van der Waals surface area (Å²) in [4.78, 5) is 20.2. The average molecular weight is 360 g/mol. The molecule has 25 heavy (non-hydrogen) atoms. The molecule has 2 heterocycles. The molecule has 1 aromatic carbocycles. The number of carbonyl (C=O) groups is 1. The van der Waals surface area contributed by atoms with Crippen molar-refractivity contribution in [2.24, 2.45) is 5.73 Å². The predicted octanol–water partition coefficient (Wildman–Crippen LogP) is 1.62. The molecule has 1 saturated heterocycles. The number of piperazine rings is 1. The minimum Gasteiger partial charge on any atom is -0.396 e. The van der Waals surface area contributed by atoms with Crippen LogP contribution in [0.2, 0.25) is 0 Å². The van der Waals surface area contributed by atoms with Crippen LogP contribution in [0.4, 0.5) is 5.13 Å². The summed E-state index contributed by atoms with van der Waals surface area (Å²) in [6.07, 6.45) is 0.719. The number of nitrogens with zero attached hydrogens (tertiary/aromatic N) is 3. The Hall–Kier alpha value is -1.96. The number of amides is 1. The molecule has 134 valence electrons. The Morgan fingerprint density at radius 1 is 1.36 bits per heavy atom. The Bertz CT molecular complexity index is 716. The van der Waals surface area contributed by atoms with Gasteiger partial charge in [-0.15, -0.1) is 11.3 Å². The van der Waals surface area contributed by atoms with Crippen molar-refractivity contribution in [3.05, 3.63) is 46.5 Å². The average Bonchev–Trinajstić information content (AvgIpc) is 3.09. The van der Waals surface area contributed by atoms with Gasteiger partial charge in [0.05, 0.1) is 0 Å². The van der Waals surface area contributed by atoms with Crippen molar-refractivity contribution < 1.29 is 9.90 Å². The highest BCUT2D eigenvalue weighted by atomic mass is 32.1. The summed E-state index contributed by atoms with van der Waals surface area (Å²) in [6.45, 7) is 5.66. The van der Waals surface area contributed by atoms with Gasteiger partial charge >= 0.3 is 0 Å². The molecule has 0 spiro atoms. The van der Waals surface area contributed by atoms with Crippen LogP contribution >= 0.6 is 11.3 Å². The Morgan fingerprint density at radius 2 is 2.12 bits per heavy atom. The highest BCUT2D eigenvalue weighted by Crippen LogP contribution is 2.25. The number of aliphatic hydroxyl groups excluding tert-OH is 1. The number of aliphatic hydroxyl groups is 1. The van der Waals surface area contributed by atoms with E-state index in [1.54, 1.807) is 5.38 Å². The van der Waals surface area contributed by atoms with E-state index < -0.39 is 5.91 Å². The summed E-state index contributed by atoms with van der Waals surface area (Å²) in [5, 5.41) is 12.0. The summed E-state index contributed by atoms with van der Waals surface area (Å²) >= 11 is 1.44. The van der Waals surface area contributed by atoms with Crippen LogP contribution in [0.3, 0.4) is 0 Å². The quantitative estimate of drug-likeness (QED) is 0.818. The zero-order valence-corrected chi connectivity index (χ0v) is 15.2. The van der Waals surface area contributed by atoms with E-state index in [2.05, 4.69) is 46.0 Å². The second kappa shape index (κ2) is 7.95. The van der Waals surface area contributed by atoms with Gasteiger partial charge in [0.2, 0.25) is 0 Å². The van der Waals surface area contributed by atoms with Gasteiger partial charge in [0, 0.05) is 44.2 Å². The summed E-state index contributed by atoms with van der Waals surface area (Å²) in [5.41, 5.74) is 8.16. The number of nitrogens with two attached hydrogens (primary N) is 1. The number of thiazole rings is 1. The first-order valence-electron chi connectivity index (χ1n) is 8.47. The lowest BCUT2D eigenvalue weighted by molar-refractivity contribution is 0.0996. The van der Waals surface area contributed by atoms with Crippen molar-refractivity contribution >= 4 is 22.4 Å². The lowest BCUT2D eigenvalue weighted by Crippen LogP contribution is -2.53. The zero-order valence-electron chi connectivity index (χ0n) is 14.4. The van der Waals surface area contributed by atoms with Gasteiger partial charge in [-0.05, 0) is 18.9 Å². The molecule has 0 aliphatic carbocycles. The maximum Gasteiger partial charge on any atom is 0.268 e. The Kier molecular flexibility index (Phi) is 5.67. The third-order valence-electron chi connectivity index (χ3n) is 4.59. The van der Waals surface area contributed by atoms with Crippen LogP contribution in [0.5, 0.6) is 0 Å². The van der Waals surface area contributed by atoms with Crippen molar-refractivity contribution in [2.75, 3.05) is 31.1 Å². The largest absolute Gasteiger partial charge is 0.396 e. The number of hydrogen-bond acceptors (Lipinski definition) is 6. The van der Waals surface area contributed by atoms with Gasteiger partial charge < -0.3 is 15.7 Å². The lowest BCUT2D eigenvalue weighted by Gasteiger charge is -2.41. The molecule has 3 rings (SSSR count). The molecule has 6 nitrogen and oxygen atoms in total. The van der Waals surface area contributed by atoms with Crippen LogP contribution in [0.25, 0.3) is 0 Å². The molecule has 7 heteroatoms. The smallest absolute Gasteiger partial charge is 0.268 e. The monoisotopic (exact) mass is 360 g/mol. The normalized spacial score (nSPS) is 18.5. The van der Waals surface area contributed by atoms with Gasteiger partial charge in [-0.25, -0.2) is 4.98 Å². The number of anilines is 1. The summed E-state index contributed by atoms with van der Waals surface area (Å²) in [5.74, 6) is -0.493. The van der Waals surface area contributed by atoms with E-state index in [1.807, 2.05) is 0 Å². The fraction of sp³-hybridized carbons (Fsp3) is 0.444. The third-order valence-corrected chi connectivity index (χ3v) is 5.49. The lowest BCUT2D eigenvalue weighted by atomic mass is 10.1. The van der Waals surface area contributed by atoms with Crippen molar-refractivity contribution in [3.8, 4) is 0 Å². The molecule has 1 atom stereocenters. The summed E-state index contributed by atoms with van der Waals surface area (Å²) in [6, 6.07) is 8.84. The SMILES string of the molecule is Cc1ccc(CN2CCN(c3nc(C(N)=O)cs3)CC2CCO)cc1. The molecule has 0 bridgehead atoms. The molecule has 1 aliphatic rings. The van der Waals surface area contributed by atoms with Crippen LogP contribution < -0.4 is 10.6 Å². The van der Waals surface area contributed by atoms with Gasteiger partial charge in [-0.2, -0.15) is 0 Å². The van der Waals surface area contributed by atoms with Gasteiger partial charge in [-0.3, -0.25) is 9.69 Å². The molecule has 1 amide bonds. The van der Waals surface area contributed by atoms with E-state index >= 15 is 0 Å². The number of carbonyl (C=O) groups excluding carboxylic acids is 1. The highest BCUT2D eigenvalue weighted by molar-refractivity contribution is 7.13. The van der Waals surface area contributed by atoms with Gasteiger partial charge in [0.1, 0.15) is 5.69 Å². The molecule has 1 aliphatic heterocycles. The van der Waals surface area contributed by atoms with E-state index in [0.29, 0.717) is 5.69 Å². The predicted molar refractivity (Wildman–Crippen MR) is 99.9 cm³/mol. The van der Waals surface area contributed by atoms with Crippen LogP contribution in [-0.2, 0) is 6.54 Å². The van der Waals surface area contributed by atoms with Crippen LogP contribution in [0.1, 0.15) is 28.0 Å². The van der Waals surface area contributed by atoms with Crippen LogP contribution in [0, 0.1) is 6.92 Å². The van der Waals surface area contributed by atoms with E-state index in [-0.39, 0.29) is 12.6 Å². The van der Waals surface area contributed by atoms with E-state index in [0.717, 1.165) is 37.7 Å². The van der Waals surface area contributed by atoms with Crippen LogP contribution in [0.15, 0.2) is 29.6 Å². The Balaban J connectivity index is 1.69. The number of aromatic nitrogens is 1. The molecule has 1 fully saturated rings. The molecule has 1 unspecified atom stereocenters. The summed E-state index contributed by atoms with van der Waals surface area (Å²) < 4.78 is 0. The third kappa shape index (κ3) is 4.36. The maximum atomic E-state index is 11.2. The Morgan fingerprint density at radius 3 is 2.76 bits per heavy atom. The molecule has 0 radical (unpaired) electrons. The standard InChI is InChI=1S/C18H24N4O2S/c1-13-2-4-14(5-3-13)10-21-7-8-22(11-15(21)6-9-23)18-20-16(12-25-18)17(19)24/h2-5,12,15,23H,6-11H2,1H3,(H2,19,24). The summed E-state index contributed by atoms with van der Waals surface area (Å²) in [7, 11) is 0. The zero-order chi connectivity index (χ0) is 17.8. The van der Waals surface area contributed by atoms with E-state index in [1.165, 1.54) is 22.5 Å². The number of hydrogen-bond donors (Lipinski definition) is 2. The number of aryl methyl sites for hydroxylation is 1. The van der Waals surface area contributed by atoms with E-state index in [4.69, 9.17) is 5.73 Å². The van der Waals surface area contributed by atoms with Gasteiger partial charge in [0.15, 0.2) is 5.13 Å². The molecule has 0 saturated carbocycles. The minimum absolute atomic E-state index is 0.160. The Labute approximate surface area is 151 Å². The number of primary amides is 1. The molecular weight excluding hydrogens is 336 g/mol. The van der Waals surface area contributed by atoms with Gasteiger partial charge in [-0.1, -0.05) is 29.8 Å². The second-order valence-electron chi connectivity index (χ2n) is 6.45. The van der Waals surface area contributed by atoms with Crippen molar-refractivity contribution in [1.29, 1.82) is 0 Å². The number of rotatable bonds is 6. The van der Waals surface area contributed by atoms with Crippen molar-refractivity contribution in [3.63, 3.8) is 0 Å². The van der Waals surface area contributed by atoms with Gasteiger partial charge in [0.25, 0.3) is 5.91 Å². The van der Waals surface area contributed by atoms with Crippen molar-refractivity contribution in [2.45, 2.75) is 25.9 Å².